The zero-order chi connectivity index (χ0) is 10.0. The first kappa shape index (κ1) is 9.59. The molecule has 0 saturated carbocycles. The highest BCUT2D eigenvalue weighted by atomic mass is 16.5. The highest BCUT2D eigenvalue weighted by Gasteiger charge is 2.29. The fourth-order valence-corrected chi connectivity index (χ4v) is 1.86. The first-order valence-electron chi connectivity index (χ1n) is 5.21. The first-order valence-corrected chi connectivity index (χ1v) is 5.21. The Labute approximate surface area is 85.1 Å². The molecule has 1 aliphatic rings. The highest BCUT2D eigenvalue weighted by Crippen LogP contribution is 2.25. The predicted molar refractivity (Wildman–Crippen MR) is 56.5 cm³/mol. The summed E-state index contributed by atoms with van der Waals surface area (Å²) in [5.74, 6) is 0.967. The normalized spacial score (nSPS) is 20.7. The lowest BCUT2D eigenvalue weighted by Crippen LogP contribution is -2.44. The Morgan fingerprint density at radius 1 is 1.43 bits per heavy atom. The van der Waals surface area contributed by atoms with Gasteiger partial charge in [-0.05, 0) is 45.0 Å². The molecule has 0 bridgehead atoms. The molecule has 14 heavy (non-hydrogen) atoms. The molecule has 0 amide bonds. The van der Waals surface area contributed by atoms with E-state index in [1.807, 2.05) is 29.9 Å². The number of aromatic nitrogens is 1. The molecule has 0 spiro atoms. The molecule has 3 heteroatoms. The molecule has 0 radical (unpaired) electrons. The Morgan fingerprint density at radius 2 is 2.14 bits per heavy atom. The fourth-order valence-electron chi connectivity index (χ4n) is 1.86. The molecule has 0 aromatic carbocycles. The first-order chi connectivity index (χ1) is 6.70. The lowest BCUT2D eigenvalue weighted by Gasteiger charge is -2.34. The van der Waals surface area contributed by atoms with Crippen LogP contribution in [0.25, 0.3) is 0 Å². The van der Waals surface area contributed by atoms with Crippen molar-refractivity contribution in [3.05, 3.63) is 18.3 Å². The van der Waals surface area contributed by atoms with Crippen molar-refractivity contribution >= 4 is 0 Å². The van der Waals surface area contributed by atoms with Gasteiger partial charge >= 0.3 is 0 Å². The van der Waals surface area contributed by atoms with Gasteiger partial charge in [-0.2, -0.15) is 0 Å². The van der Waals surface area contributed by atoms with Gasteiger partial charge in [0.15, 0.2) is 5.88 Å². The molecular formula is C11H18N2O. The minimum atomic E-state index is 0.0113. The third kappa shape index (κ3) is 1.93. The van der Waals surface area contributed by atoms with Crippen LogP contribution in [-0.4, -0.2) is 23.3 Å². The maximum absolute atomic E-state index is 6.04. The third-order valence-electron chi connectivity index (χ3n) is 2.91. The van der Waals surface area contributed by atoms with Crippen molar-refractivity contribution in [3.8, 4) is 5.88 Å². The molecule has 1 saturated heterocycles. The van der Waals surface area contributed by atoms with Gasteiger partial charge in [0, 0.05) is 13.2 Å². The summed E-state index contributed by atoms with van der Waals surface area (Å²) in [6.45, 7) is 4.31. The number of aryl methyl sites for hydroxylation is 1. The van der Waals surface area contributed by atoms with Crippen LogP contribution >= 0.6 is 0 Å². The smallest absolute Gasteiger partial charge is 0.193 e. The average molecular weight is 194 g/mol. The van der Waals surface area contributed by atoms with Crippen molar-refractivity contribution in [2.45, 2.75) is 25.4 Å². The molecule has 0 unspecified atom stereocenters. The molecule has 2 rings (SSSR count). The third-order valence-corrected chi connectivity index (χ3v) is 2.91. The Morgan fingerprint density at radius 3 is 2.71 bits per heavy atom. The molecule has 2 heterocycles. The predicted octanol–water partition coefficient (Wildman–Crippen LogP) is 1.55. The SMILES string of the molecule is Cn1cccc1OC1(C)CCNCC1. The second-order valence-electron chi connectivity index (χ2n) is 4.26. The molecular weight excluding hydrogens is 176 g/mol. The zero-order valence-corrected chi connectivity index (χ0v) is 8.92. The largest absolute Gasteiger partial charge is 0.472 e. The van der Waals surface area contributed by atoms with Crippen LogP contribution in [0, 0.1) is 0 Å². The Balaban J connectivity index is 2.05. The topological polar surface area (TPSA) is 26.2 Å². The number of ether oxygens (including phenoxy) is 1. The lowest BCUT2D eigenvalue weighted by molar-refractivity contribution is 0.0477. The lowest BCUT2D eigenvalue weighted by atomic mass is 9.95. The summed E-state index contributed by atoms with van der Waals surface area (Å²) < 4.78 is 8.06. The molecule has 78 valence electrons. The van der Waals surface area contributed by atoms with E-state index in [4.69, 9.17) is 4.74 Å². The summed E-state index contributed by atoms with van der Waals surface area (Å²) in [6, 6.07) is 4.03. The van der Waals surface area contributed by atoms with Crippen LogP contribution in [0.1, 0.15) is 19.8 Å². The molecule has 0 aliphatic carbocycles. The van der Waals surface area contributed by atoms with Crippen molar-refractivity contribution in [2.75, 3.05) is 13.1 Å². The van der Waals surface area contributed by atoms with Gasteiger partial charge in [-0.15, -0.1) is 0 Å². The summed E-state index contributed by atoms with van der Waals surface area (Å²) >= 11 is 0. The maximum Gasteiger partial charge on any atom is 0.193 e. The summed E-state index contributed by atoms with van der Waals surface area (Å²) in [6.07, 6.45) is 4.18. The van der Waals surface area contributed by atoms with Crippen molar-refractivity contribution in [2.24, 2.45) is 7.05 Å². The minimum absolute atomic E-state index is 0.0113. The Bertz CT molecular complexity index is 300. The van der Waals surface area contributed by atoms with Crippen LogP contribution in [0.2, 0.25) is 0 Å². The molecule has 0 atom stereocenters. The van der Waals surface area contributed by atoms with E-state index in [-0.39, 0.29) is 5.60 Å². The summed E-state index contributed by atoms with van der Waals surface area (Å²) in [5.41, 5.74) is 0.0113. The van der Waals surface area contributed by atoms with Crippen molar-refractivity contribution in [1.29, 1.82) is 0 Å². The number of nitrogens with zero attached hydrogens (tertiary/aromatic N) is 1. The Kier molecular flexibility index (Phi) is 2.50. The number of hydrogen-bond donors (Lipinski definition) is 1. The molecule has 1 aromatic heterocycles. The van der Waals surface area contributed by atoms with E-state index in [0.717, 1.165) is 31.8 Å². The fraction of sp³-hybridized carbons (Fsp3) is 0.636. The molecule has 3 nitrogen and oxygen atoms in total. The number of hydrogen-bond acceptors (Lipinski definition) is 2. The highest BCUT2D eigenvalue weighted by molar-refractivity contribution is 5.14. The Hall–Kier alpha value is -0.960. The second kappa shape index (κ2) is 3.65. The van der Waals surface area contributed by atoms with Crippen LogP contribution < -0.4 is 10.1 Å². The quantitative estimate of drug-likeness (QED) is 0.773. The maximum atomic E-state index is 6.04. The van der Waals surface area contributed by atoms with Crippen molar-refractivity contribution < 1.29 is 4.74 Å². The number of nitrogens with one attached hydrogen (secondary N) is 1. The number of piperidine rings is 1. The van der Waals surface area contributed by atoms with E-state index >= 15 is 0 Å². The van der Waals surface area contributed by atoms with E-state index in [0.29, 0.717) is 0 Å². The van der Waals surface area contributed by atoms with E-state index < -0.39 is 0 Å². The van der Waals surface area contributed by atoms with Gasteiger partial charge in [0.05, 0.1) is 0 Å². The summed E-state index contributed by atoms with van der Waals surface area (Å²) in [7, 11) is 2.01. The second-order valence-corrected chi connectivity index (χ2v) is 4.26. The summed E-state index contributed by atoms with van der Waals surface area (Å²) in [4.78, 5) is 0. The van der Waals surface area contributed by atoms with Gasteiger partial charge in [-0.25, -0.2) is 0 Å². The van der Waals surface area contributed by atoms with Crippen molar-refractivity contribution in [3.63, 3.8) is 0 Å². The molecule has 1 fully saturated rings. The van der Waals surface area contributed by atoms with Gasteiger partial charge < -0.3 is 14.6 Å². The van der Waals surface area contributed by atoms with Gasteiger partial charge in [-0.3, -0.25) is 0 Å². The standard InChI is InChI=1S/C11H18N2O/c1-11(5-7-12-8-6-11)14-10-4-3-9-13(10)2/h3-4,9,12H,5-8H2,1-2H3. The molecule has 1 aliphatic heterocycles. The van der Waals surface area contributed by atoms with Gasteiger partial charge in [0.25, 0.3) is 0 Å². The van der Waals surface area contributed by atoms with Crippen LogP contribution in [0.3, 0.4) is 0 Å². The zero-order valence-electron chi connectivity index (χ0n) is 8.92. The summed E-state index contributed by atoms with van der Waals surface area (Å²) in [5, 5.41) is 3.35. The van der Waals surface area contributed by atoms with Gasteiger partial charge in [0.1, 0.15) is 5.60 Å². The van der Waals surface area contributed by atoms with Gasteiger partial charge in [0.2, 0.25) is 0 Å². The van der Waals surface area contributed by atoms with Crippen molar-refractivity contribution in [1.82, 2.24) is 9.88 Å². The van der Waals surface area contributed by atoms with Crippen LogP contribution in [0.5, 0.6) is 5.88 Å². The van der Waals surface area contributed by atoms with E-state index in [1.165, 1.54) is 0 Å². The average Bonchev–Trinajstić information content (AvgIpc) is 2.52. The molecule has 1 N–H and O–H groups in total. The van der Waals surface area contributed by atoms with E-state index in [1.54, 1.807) is 0 Å². The van der Waals surface area contributed by atoms with E-state index in [2.05, 4.69) is 12.2 Å². The van der Waals surface area contributed by atoms with Crippen LogP contribution in [0.15, 0.2) is 18.3 Å². The van der Waals surface area contributed by atoms with Crippen LogP contribution in [-0.2, 0) is 7.05 Å². The van der Waals surface area contributed by atoms with Gasteiger partial charge in [-0.1, -0.05) is 0 Å². The number of rotatable bonds is 2. The van der Waals surface area contributed by atoms with Crippen LogP contribution in [0.4, 0.5) is 0 Å². The molecule has 1 aromatic rings. The minimum Gasteiger partial charge on any atom is -0.472 e. The monoisotopic (exact) mass is 194 g/mol. The van der Waals surface area contributed by atoms with E-state index in [9.17, 15) is 0 Å².